The molecule has 36 heavy (non-hydrogen) atoms. The summed E-state index contributed by atoms with van der Waals surface area (Å²) in [5.74, 6) is -11.5. The van der Waals surface area contributed by atoms with Crippen molar-refractivity contribution in [3.63, 3.8) is 0 Å². The zero-order valence-electron chi connectivity index (χ0n) is 16.8. The number of nitriles is 4. The minimum atomic E-state index is -2.06. The van der Waals surface area contributed by atoms with Gasteiger partial charge in [0.2, 0.25) is 16.9 Å². The number of hydrogen-bond donors (Lipinski definition) is 0. The lowest BCUT2D eigenvalue weighted by atomic mass is 9.98. The molecule has 0 saturated heterocycles. The summed E-state index contributed by atoms with van der Waals surface area (Å²) in [5.41, 5.74) is -7.29. The zero-order valence-corrected chi connectivity index (χ0v) is 16.8. The molecule has 0 radical (unpaired) electrons. The van der Waals surface area contributed by atoms with E-state index in [4.69, 9.17) is 29.9 Å². The summed E-state index contributed by atoms with van der Waals surface area (Å²) >= 11 is 0. The molecule has 8 nitrogen and oxygen atoms in total. The van der Waals surface area contributed by atoms with E-state index in [1.54, 1.807) is 0 Å². The fourth-order valence-electron chi connectivity index (χ4n) is 3.69. The monoisotopic (exact) mass is 494 g/mol. The Bertz CT molecular complexity index is 1990. The number of nitrogens with zero attached hydrogens (tertiary/aromatic N) is 6. The van der Waals surface area contributed by atoms with Crippen LogP contribution in [0.15, 0.2) is 8.83 Å². The first kappa shape index (κ1) is 22.2. The van der Waals surface area contributed by atoms with Crippen molar-refractivity contribution in [1.82, 2.24) is 9.97 Å². The van der Waals surface area contributed by atoms with Crippen LogP contribution in [0.2, 0.25) is 0 Å². The summed E-state index contributed by atoms with van der Waals surface area (Å²) in [7, 11) is 0. The second-order valence-electron chi connectivity index (χ2n) is 6.97. The maximum atomic E-state index is 15.9. The van der Waals surface area contributed by atoms with E-state index in [2.05, 4.69) is 9.97 Å². The zero-order chi connectivity index (χ0) is 26.0. The first-order valence-electron chi connectivity index (χ1n) is 9.24. The number of benzene rings is 3. The van der Waals surface area contributed by atoms with Crippen LogP contribution in [0.4, 0.5) is 26.3 Å². The van der Waals surface area contributed by atoms with Gasteiger partial charge in [-0.2, -0.15) is 25.4 Å². The Morgan fingerprint density at radius 2 is 0.944 bits per heavy atom. The van der Waals surface area contributed by atoms with Crippen LogP contribution in [0, 0.1) is 80.2 Å². The Morgan fingerprint density at radius 3 is 1.50 bits per heavy atom. The van der Waals surface area contributed by atoms with E-state index >= 15 is 8.78 Å². The average Bonchev–Trinajstić information content (AvgIpc) is 3.49. The smallest absolute Gasteiger partial charge is 0.249 e. The molecule has 5 rings (SSSR count). The molecule has 0 atom stereocenters. The molecular weight excluding hydrogens is 494 g/mol. The number of halogens is 6. The number of fused-ring (bicyclic) bond motifs is 6. The predicted molar refractivity (Wildman–Crippen MR) is 105 cm³/mol. The fourth-order valence-corrected chi connectivity index (χ4v) is 3.69. The van der Waals surface area contributed by atoms with Gasteiger partial charge in [-0.25, -0.2) is 31.9 Å². The summed E-state index contributed by atoms with van der Waals surface area (Å²) in [5, 5.41) is 30.8. The molecule has 0 N–H and O–H groups in total. The Labute approximate surface area is 192 Å². The lowest BCUT2D eigenvalue weighted by molar-refractivity contribution is 0.483. The minimum absolute atomic E-state index is 0.812. The Morgan fingerprint density at radius 1 is 0.500 bits per heavy atom. The van der Waals surface area contributed by atoms with E-state index in [9.17, 15) is 17.6 Å². The molecule has 2 heterocycles. The first-order valence-corrected chi connectivity index (χ1v) is 9.24. The topological polar surface area (TPSA) is 147 Å². The highest BCUT2D eigenvalue weighted by molar-refractivity contribution is 6.16. The van der Waals surface area contributed by atoms with Gasteiger partial charge in [-0.1, -0.05) is 0 Å². The SMILES string of the molecule is N#CC(C#N)=c1nc2c(o1)c(F)c(F)c1c(F)c3c(F)c(F)c4nc(=C(C#N)C#N)oc4c3c(F)c12. The van der Waals surface area contributed by atoms with Crippen molar-refractivity contribution in [2.24, 2.45) is 0 Å². The molecule has 0 spiro atoms. The van der Waals surface area contributed by atoms with Gasteiger partial charge in [0.05, 0.1) is 21.5 Å². The van der Waals surface area contributed by atoms with Crippen LogP contribution in [0.25, 0.3) is 54.9 Å². The van der Waals surface area contributed by atoms with Crippen LogP contribution in [0.3, 0.4) is 0 Å². The summed E-state index contributed by atoms with van der Waals surface area (Å²) in [4.78, 5) is 7.07. The van der Waals surface area contributed by atoms with Gasteiger partial charge in [0, 0.05) is 0 Å². The minimum Gasteiger partial charge on any atom is -0.434 e. The van der Waals surface area contributed by atoms with Crippen molar-refractivity contribution in [2.75, 3.05) is 0 Å². The lowest BCUT2D eigenvalue weighted by Gasteiger charge is -2.10. The summed E-state index contributed by atoms with van der Waals surface area (Å²) in [6.45, 7) is 0. The lowest BCUT2D eigenvalue weighted by Crippen LogP contribution is -2.04. The van der Waals surface area contributed by atoms with Gasteiger partial charge < -0.3 is 8.83 Å². The van der Waals surface area contributed by atoms with Crippen LogP contribution in [0.1, 0.15) is 0 Å². The third kappa shape index (κ3) is 2.61. The van der Waals surface area contributed by atoms with Crippen LogP contribution < -0.4 is 11.1 Å². The van der Waals surface area contributed by atoms with E-state index in [0.717, 1.165) is 0 Å². The van der Waals surface area contributed by atoms with Gasteiger partial charge in [0.1, 0.15) is 46.9 Å². The van der Waals surface area contributed by atoms with Crippen LogP contribution >= 0.6 is 0 Å². The highest BCUT2D eigenvalue weighted by atomic mass is 19.2. The van der Waals surface area contributed by atoms with Gasteiger partial charge in [0.15, 0.2) is 39.8 Å². The van der Waals surface area contributed by atoms with Crippen molar-refractivity contribution in [1.29, 1.82) is 21.0 Å². The molecular formula is C22F6N6O2. The molecule has 0 amide bonds. The molecule has 0 bridgehead atoms. The molecule has 3 aromatic carbocycles. The van der Waals surface area contributed by atoms with Gasteiger partial charge in [-0.15, -0.1) is 0 Å². The Hall–Kier alpha value is -5.60. The number of hydrogen-bond acceptors (Lipinski definition) is 8. The van der Waals surface area contributed by atoms with Gasteiger partial charge in [-0.05, 0) is 0 Å². The molecule has 5 aromatic rings. The standard InChI is InChI=1S/C22F6N6O2/c23-11-7-9(17-20(16(28)14(7)26)36-21(33-17)5(1-29)2-30)12(24)10-8(11)13(25)15(27)18-19(10)35-22(34-18)6(3-31)4-32. The summed E-state index contributed by atoms with van der Waals surface area (Å²) < 4.78 is 100. The molecule has 0 aliphatic rings. The quantitative estimate of drug-likeness (QED) is 0.235. The molecule has 0 unspecified atom stereocenters. The molecule has 172 valence electrons. The predicted octanol–water partition coefficient (Wildman–Crippen LogP) is 3.51. The van der Waals surface area contributed by atoms with Gasteiger partial charge in [0.25, 0.3) is 0 Å². The Kier molecular flexibility index (Phi) is 4.60. The normalized spacial score (nSPS) is 10.9. The maximum Gasteiger partial charge on any atom is 0.249 e. The highest BCUT2D eigenvalue weighted by Crippen LogP contribution is 2.41. The van der Waals surface area contributed by atoms with Crippen LogP contribution in [-0.2, 0) is 0 Å². The second kappa shape index (κ2) is 7.45. The van der Waals surface area contributed by atoms with Crippen molar-refractivity contribution < 1.29 is 35.2 Å². The highest BCUT2D eigenvalue weighted by Gasteiger charge is 2.32. The van der Waals surface area contributed by atoms with Crippen molar-refractivity contribution in [3.05, 3.63) is 46.0 Å². The van der Waals surface area contributed by atoms with E-state index in [-0.39, 0.29) is 0 Å². The van der Waals surface area contributed by atoms with Crippen LogP contribution in [0.5, 0.6) is 0 Å². The summed E-state index contributed by atoms with van der Waals surface area (Å²) in [6, 6.07) is 5.50. The van der Waals surface area contributed by atoms with Gasteiger partial charge in [-0.3, -0.25) is 0 Å². The molecule has 0 saturated carbocycles. The average molecular weight is 494 g/mol. The van der Waals surface area contributed by atoms with E-state index in [0.29, 0.717) is 0 Å². The molecule has 0 aliphatic carbocycles. The van der Waals surface area contributed by atoms with Crippen molar-refractivity contribution >= 4 is 54.9 Å². The van der Waals surface area contributed by atoms with Crippen molar-refractivity contribution in [2.45, 2.75) is 0 Å². The second-order valence-corrected chi connectivity index (χ2v) is 6.97. The number of oxazole rings is 2. The van der Waals surface area contributed by atoms with E-state index in [1.807, 2.05) is 0 Å². The number of aromatic nitrogens is 2. The molecule has 0 aliphatic heterocycles. The Balaban J connectivity index is 2.18. The largest absolute Gasteiger partial charge is 0.434 e. The van der Waals surface area contributed by atoms with Crippen molar-refractivity contribution in [3.8, 4) is 24.3 Å². The third-order valence-electron chi connectivity index (χ3n) is 5.20. The molecule has 0 fully saturated rings. The number of rotatable bonds is 0. The third-order valence-corrected chi connectivity index (χ3v) is 5.20. The fraction of sp³-hybridized carbons (Fsp3) is 0. The van der Waals surface area contributed by atoms with E-state index < -0.39 is 101 Å². The van der Waals surface area contributed by atoms with E-state index in [1.165, 1.54) is 24.3 Å². The summed E-state index contributed by atoms with van der Waals surface area (Å²) in [6.07, 6.45) is 0. The van der Waals surface area contributed by atoms with Gasteiger partial charge >= 0.3 is 0 Å². The first-order chi connectivity index (χ1) is 17.2. The van der Waals surface area contributed by atoms with Crippen LogP contribution in [-0.4, -0.2) is 9.97 Å². The maximum absolute atomic E-state index is 15.9. The molecule has 2 aromatic heterocycles. The molecule has 14 heteroatoms.